The summed E-state index contributed by atoms with van der Waals surface area (Å²) in [7, 11) is 0. The van der Waals surface area contributed by atoms with E-state index in [4.69, 9.17) is 5.73 Å². The third kappa shape index (κ3) is 8.36. The number of nitrogens with one attached hydrogen (secondary N) is 1. The summed E-state index contributed by atoms with van der Waals surface area (Å²) in [5.41, 5.74) is 5.91. The minimum atomic E-state index is -4.78. The lowest BCUT2D eigenvalue weighted by atomic mass is 10.3. The van der Waals surface area contributed by atoms with E-state index in [1.54, 1.807) is 24.5 Å². The van der Waals surface area contributed by atoms with Gasteiger partial charge in [-0.25, -0.2) is 9.97 Å². The Labute approximate surface area is 195 Å². The third-order valence-electron chi connectivity index (χ3n) is 4.50. The molecule has 3 N–H and O–H groups in total. The first-order valence-corrected chi connectivity index (χ1v) is 9.57. The van der Waals surface area contributed by atoms with E-state index in [1.807, 2.05) is 0 Å². The van der Waals surface area contributed by atoms with Crippen LogP contribution in [0.3, 0.4) is 0 Å². The van der Waals surface area contributed by atoms with Crippen molar-refractivity contribution in [3.63, 3.8) is 0 Å². The molecule has 2 heterocycles. The minimum absolute atomic E-state index is 0. The van der Waals surface area contributed by atoms with Gasteiger partial charge in [0.2, 0.25) is 5.95 Å². The highest BCUT2D eigenvalue weighted by atomic mass is 127. The predicted octanol–water partition coefficient (Wildman–Crippen LogP) is 2.93. The molecule has 1 aliphatic heterocycles. The summed E-state index contributed by atoms with van der Waals surface area (Å²) in [5, 5.41) is 2.66. The van der Waals surface area contributed by atoms with Crippen molar-refractivity contribution >= 4 is 41.6 Å². The summed E-state index contributed by atoms with van der Waals surface area (Å²) in [6.07, 6.45) is -0.525. The van der Waals surface area contributed by atoms with E-state index in [9.17, 15) is 13.2 Å². The van der Waals surface area contributed by atoms with Crippen molar-refractivity contribution in [2.24, 2.45) is 10.7 Å². The number of alkyl halides is 3. The van der Waals surface area contributed by atoms with Gasteiger partial charge < -0.3 is 20.7 Å². The second-order valence-electron chi connectivity index (χ2n) is 6.67. The molecule has 170 valence electrons. The lowest BCUT2D eigenvalue weighted by Crippen LogP contribution is -2.47. The first-order valence-electron chi connectivity index (χ1n) is 9.57. The number of nitrogens with two attached hydrogens (primary N) is 1. The van der Waals surface area contributed by atoms with Crippen molar-refractivity contribution in [3.05, 3.63) is 42.7 Å². The number of rotatable bonds is 7. The van der Waals surface area contributed by atoms with Gasteiger partial charge >= 0.3 is 6.36 Å². The Bertz CT molecular complexity index is 831. The zero-order valence-corrected chi connectivity index (χ0v) is 19.1. The highest BCUT2D eigenvalue weighted by molar-refractivity contribution is 14.0. The number of aliphatic imine (C=N–C) groups is 1. The molecule has 1 aromatic carbocycles. The van der Waals surface area contributed by atoms with E-state index < -0.39 is 6.36 Å². The molecule has 3 rings (SSSR count). The number of hydrogen-bond donors (Lipinski definition) is 2. The molecular formula is C19H25F3IN7O. The molecule has 0 saturated carbocycles. The smallest absolute Gasteiger partial charge is 0.404 e. The summed E-state index contributed by atoms with van der Waals surface area (Å²) in [6, 6.07) is 7.48. The Hall–Kier alpha value is -2.35. The fraction of sp³-hybridized carbons (Fsp3) is 0.421. The van der Waals surface area contributed by atoms with Crippen LogP contribution in [0.15, 0.2) is 47.7 Å². The number of guanidine groups is 1. The average molecular weight is 551 g/mol. The van der Waals surface area contributed by atoms with E-state index >= 15 is 0 Å². The van der Waals surface area contributed by atoms with E-state index in [0.717, 1.165) is 45.1 Å². The van der Waals surface area contributed by atoms with E-state index in [1.165, 1.54) is 18.2 Å². The number of hydrogen-bond acceptors (Lipinski definition) is 6. The molecule has 0 radical (unpaired) electrons. The van der Waals surface area contributed by atoms with Crippen LogP contribution in [0.4, 0.5) is 24.8 Å². The maximum absolute atomic E-state index is 12.5. The van der Waals surface area contributed by atoms with Crippen LogP contribution in [0.5, 0.6) is 5.75 Å². The number of piperazine rings is 1. The van der Waals surface area contributed by atoms with Crippen LogP contribution in [-0.4, -0.2) is 66.5 Å². The highest BCUT2D eigenvalue weighted by Gasteiger charge is 2.32. The fourth-order valence-electron chi connectivity index (χ4n) is 3.08. The molecule has 0 amide bonds. The van der Waals surface area contributed by atoms with Crippen LogP contribution in [0.25, 0.3) is 0 Å². The monoisotopic (exact) mass is 551 g/mol. The molecule has 1 saturated heterocycles. The predicted molar refractivity (Wildman–Crippen MR) is 124 cm³/mol. The number of aromatic nitrogens is 2. The van der Waals surface area contributed by atoms with Gasteiger partial charge in [0.05, 0.1) is 5.69 Å². The topological polar surface area (TPSA) is 91.9 Å². The number of ether oxygens (including phenoxy) is 1. The summed E-state index contributed by atoms with van der Waals surface area (Å²) < 4.78 is 41.4. The van der Waals surface area contributed by atoms with Crippen molar-refractivity contribution in [3.8, 4) is 5.75 Å². The Kier molecular flexibility index (Phi) is 9.55. The van der Waals surface area contributed by atoms with Crippen LogP contribution in [0.1, 0.15) is 6.42 Å². The summed E-state index contributed by atoms with van der Waals surface area (Å²) >= 11 is 0. The highest BCUT2D eigenvalue weighted by Crippen LogP contribution is 2.29. The Balaban J connectivity index is 0.00000341. The fourth-order valence-corrected chi connectivity index (χ4v) is 3.08. The molecule has 2 aromatic rings. The first kappa shape index (κ1) is 24.9. The van der Waals surface area contributed by atoms with Gasteiger partial charge in [0, 0.05) is 51.7 Å². The van der Waals surface area contributed by atoms with Gasteiger partial charge in [-0.15, -0.1) is 37.1 Å². The number of para-hydroxylation sites is 2. The summed E-state index contributed by atoms with van der Waals surface area (Å²) in [6.45, 7) is 4.83. The van der Waals surface area contributed by atoms with Gasteiger partial charge in [-0.2, -0.15) is 0 Å². The Morgan fingerprint density at radius 2 is 1.77 bits per heavy atom. The van der Waals surface area contributed by atoms with Crippen molar-refractivity contribution < 1.29 is 17.9 Å². The molecule has 0 atom stereocenters. The molecule has 1 aromatic heterocycles. The lowest BCUT2D eigenvalue weighted by Gasteiger charge is -2.34. The SMILES string of the molecule is I.NC(=NCCCN1CCN(c2ncccn2)CC1)Nc1ccccc1OC(F)(F)F. The van der Waals surface area contributed by atoms with E-state index in [0.29, 0.717) is 6.54 Å². The van der Waals surface area contributed by atoms with E-state index in [-0.39, 0.29) is 41.4 Å². The minimum Gasteiger partial charge on any atom is -0.404 e. The largest absolute Gasteiger partial charge is 0.573 e. The van der Waals surface area contributed by atoms with Crippen molar-refractivity contribution in [2.45, 2.75) is 12.8 Å². The zero-order valence-electron chi connectivity index (χ0n) is 16.8. The van der Waals surface area contributed by atoms with Crippen molar-refractivity contribution in [1.82, 2.24) is 14.9 Å². The number of nitrogens with zero attached hydrogens (tertiary/aromatic N) is 5. The maximum atomic E-state index is 12.5. The van der Waals surface area contributed by atoms with Crippen LogP contribution < -0.4 is 20.7 Å². The van der Waals surface area contributed by atoms with Crippen molar-refractivity contribution in [1.29, 1.82) is 0 Å². The second-order valence-corrected chi connectivity index (χ2v) is 6.67. The van der Waals surface area contributed by atoms with Crippen LogP contribution in [0.2, 0.25) is 0 Å². The molecule has 31 heavy (non-hydrogen) atoms. The van der Waals surface area contributed by atoms with Gasteiger partial charge in [-0.1, -0.05) is 12.1 Å². The van der Waals surface area contributed by atoms with Crippen molar-refractivity contribution in [2.75, 3.05) is 49.5 Å². The number of anilines is 2. The molecule has 8 nitrogen and oxygen atoms in total. The number of benzene rings is 1. The Morgan fingerprint density at radius 1 is 1.10 bits per heavy atom. The molecule has 1 aliphatic rings. The van der Waals surface area contributed by atoms with Crippen LogP contribution in [0, 0.1) is 0 Å². The van der Waals surface area contributed by atoms with Gasteiger partial charge in [-0.05, 0) is 24.6 Å². The molecule has 0 bridgehead atoms. The second kappa shape index (κ2) is 11.9. The quantitative estimate of drug-likeness (QED) is 0.237. The molecule has 0 aliphatic carbocycles. The molecule has 1 fully saturated rings. The molecular weight excluding hydrogens is 526 g/mol. The lowest BCUT2D eigenvalue weighted by molar-refractivity contribution is -0.274. The molecule has 0 spiro atoms. The van der Waals surface area contributed by atoms with Gasteiger partial charge in [-0.3, -0.25) is 9.89 Å². The third-order valence-corrected chi connectivity index (χ3v) is 4.50. The van der Waals surface area contributed by atoms with Gasteiger partial charge in [0.25, 0.3) is 0 Å². The average Bonchev–Trinajstić information content (AvgIpc) is 2.73. The van der Waals surface area contributed by atoms with E-state index in [2.05, 4.69) is 34.8 Å². The molecule has 12 heteroatoms. The molecule has 0 unspecified atom stereocenters. The maximum Gasteiger partial charge on any atom is 0.573 e. The van der Waals surface area contributed by atoms with Gasteiger partial charge in [0.15, 0.2) is 11.7 Å². The normalized spacial score (nSPS) is 15.3. The first-order chi connectivity index (χ1) is 14.4. The van der Waals surface area contributed by atoms with Crippen LogP contribution >= 0.6 is 24.0 Å². The van der Waals surface area contributed by atoms with Crippen LogP contribution in [-0.2, 0) is 0 Å². The van der Waals surface area contributed by atoms with Gasteiger partial charge in [0.1, 0.15) is 0 Å². The zero-order chi connectivity index (χ0) is 21.4. The number of halogens is 4. The standard InChI is InChI=1S/C19H24F3N7O.HI/c20-19(21,22)30-16-6-2-1-5-15(16)27-17(23)24-9-4-10-28-11-13-29(14-12-28)18-25-7-3-8-26-18;/h1-3,5-8H,4,9-14H2,(H3,23,24,27);1H. The Morgan fingerprint density at radius 3 is 2.45 bits per heavy atom. The summed E-state index contributed by atoms with van der Waals surface area (Å²) in [5.74, 6) is 0.429. The summed E-state index contributed by atoms with van der Waals surface area (Å²) in [4.78, 5) is 17.2.